The van der Waals surface area contributed by atoms with Crippen molar-refractivity contribution in [2.45, 2.75) is 25.8 Å². The molecule has 0 aliphatic carbocycles. The highest BCUT2D eigenvalue weighted by molar-refractivity contribution is 5.80. The molecule has 6 heteroatoms. The highest BCUT2D eigenvalue weighted by Gasteiger charge is 2.26. The van der Waals surface area contributed by atoms with E-state index in [0.29, 0.717) is 45.4 Å². The smallest absolute Gasteiger partial charge is 0.223 e. The molecule has 1 saturated heterocycles. The van der Waals surface area contributed by atoms with E-state index in [1.165, 1.54) is 0 Å². The summed E-state index contributed by atoms with van der Waals surface area (Å²) in [5, 5.41) is 2.97. The van der Waals surface area contributed by atoms with Crippen molar-refractivity contribution in [2.75, 3.05) is 26.7 Å². The van der Waals surface area contributed by atoms with Crippen LogP contribution in [0.25, 0.3) is 0 Å². The van der Waals surface area contributed by atoms with Gasteiger partial charge in [0, 0.05) is 38.5 Å². The number of carbonyl (C=O) groups excluding carboxylic acids is 2. The van der Waals surface area contributed by atoms with E-state index in [2.05, 4.69) is 5.32 Å². The monoisotopic (exact) mass is 319 g/mol. The van der Waals surface area contributed by atoms with Crippen LogP contribution in [0.4, 0.5) is 0 Å². The fourth-order valence-corrected chi connectivity index (χ4v) is 2.75. The van der Waals surface area contributed by atoms with E-state index in [4.69, 9.17) is 10.5 Å². The molecule has 23 heavy (non-hydrogen) atoms. The molecule has 6 nitrogen and oxygen atoms in total. The molecule has 0 spiro atoms. The van der Waals surface area contributed by atoms with Gasteiger partial charge in [0.2, 0.25) is 11.8 Å². The number of benzene rings is 1. The van der Waals surface area contributed by atoms with Crippen LogP contribution in [0, 0.1) is 5.92 Å². The minimum Gasteiger partial charge on any atom is -0.497 e. The number of hydrogen-bond acceptors (Lipinski definition) is 4. The third-order valence-corrected chi connectivity index (χ3v) is 4.20. The number of rotatable bonds is 6. The normalized spacial score (nSPS) is 15.3. The van der Waals surface area contributed by atoms with E-state index in [9.17, 15) is 9.59 Å². The molecule has 0 aromatic heterocycles. The average Bonchev–Trinajstić information content (AvgIpc) is 2.60. The molecule has 2 amide bonds. The summed E-state index contributed by atoms with van der Waals surface area (Å²) >= 11 is 0. The van der Waals surface area contributed by atoms with Gasteiger partial charge in [0.1, 0.15) is 5.75 Å². The largest absolute Gasteiger partial charge is 0.497 e. The summed E-state index contributed by atoms with van der Waals surface area (Å²) in [5.41, 5.74) is 6.44. The first-order valence-corrected chi connectivity index (χ1v) is 8.02. The molecule has 0 atom stereocenters. The minimum absolute atomic E-state index is 0.0184. The molecule has 0 unspecified atom stereocenters. The van der Waals surface area contributed by atoms with Crippen LogP contribution < -0.4 is 15.8 Å². The maximum absolute atomic E-state index is 12.2. The van der Waals surface area contributed by atoms with E-state index in [-0.39, 0.29) is 17.7 Å². The molecular weight excluding hydrogens is 294 g/mol. The maximum Gasteiger partial charge on any atom is 0.223 e. The SMILES string of the molecule is COc1ccc(CNC(=O)C2CCN(C(=O)CCN)CC2)cc1. The average molecular weight is 319 g/mol. The van der Waals surface area contributed by atoms with Gasteiger partial charge in [0.15, 0.2) is 0 Å². The Kier molecular flexibility index (Phi) is 6.40. The number of methoxy groups -OCH3 is 1. The Bertz CT molecular complexity index is 522. The van der Waals surface area contributed by atoms with Crippen LogP contribution in [0.5, 0.6) is 5.75 Å². The van der Waals surface area contributed by atoms with Gasteiger partial charge in [-0.2, -0.15) is 0 Å². The Morgan fingerprint density at radius 3 is 2.48 bits per heavy atom. The maximum atomic E-state index is 12.2. The fourth-order valence-electron chi connectivity index (χ4n) is 2.75. The quantitative estimate of drug-likeness (QED) is 0.816. The summed E-state index contributed by atoms with van der Waals surface area (Å²) in [6, 6.07) is 7.63. The van der Waals surface area contributed by atoms with Crippen LogP contribution in [0.15, 0.2) is 24.3 Å². The van der Waals surface area contributed by atoms with Crippen LogP contribution in [-0.4, -0.2) is 43.5 Å². The number of nitrogens with one attached hydrogen (secondary N) is 1. The lowest BCUT2D eigenvalue weighted by atomic mass is 9.95. The lowest BCUT2D eigenvalue weighted by molar-refractivity contribution is -0.135. The minimum atomic E-state index is -0.0184. The predicted octanol–water partition coefficient (Wildman–Crippen LogP) is 0.899. The molecule has 126 valence electrons. The number of ether oxygens (including phenoxy) is 1. The lowest BCUT2D eigenvalue weighted by Crippen LogP contribution is -2.43. The van der Waals surface area contributed by atoms with Gasteiger partial charge in [-0.25, -0.2) is 0 Å². The molecule has 1 aliphatic rings. The molecule has 0 radical (unpaired) electrons. The highest BCUT2D eigenvalue weighted by Crippen LogP contribution is 2.18. The zero-order valence-electron chi connectivity index (χ0n) is 13.6. The second-order valence-corrected chi connectivity index (χ2v) is 5.76. The van der Waals surface area contributed by atoms with E-state index in [0.717, 1.165) is 11.3 Å². The molecule has 2 rings (SSSR count). The predicted molar refractivity (Wildman–Crippen MR) is 87.8 cm³/mol. The van der Waals surface area contributed by atoms with Gasteiger partial charge in [-0.1, -0.05) is 12.1 Å². The first-order valence-electron chi connectivity index (χ1n) is 8.02. The van der Waals surface area contributed by atoms with E-state index >= 15 is 0 Å². The molecule has 1 aromatic rings. The number of nitrogens with zero attached hydrogens (tertiary/aromatic N) is 1. The van der Waals surface area contributed by atoms with Gasteiger partial charge < -0.3 is 20.7 Å². The van der Waals surface area contributed by atoms with E-state index in [1.54, 1.807) is 12.0 Å². The lowest BCUT2D eigenvalue weighted by Gasteiger charge is -2.31. The standard InChI is InChI=1S/C17H25N3O3/c1-23-15-4-2-13(3-5-15)12-19-17(22)14-7-10-20(11-8-14)16(21)6-9-18/h2-5,14H,6-12,18H2,1H3,(H,19,22). The number of carbonyl (C=O) groups is 2. The molecular formula is C17H25N3O3. The highest BCUT2D eigenvalue weighted by atomic mass is 16.5. The summed E-state index contributed by atoms with van der Waals surface area (Å²) < 4.78 is 5.11. The molecule has 3 N–H and O–H groups in total. The summed E-state index contributed by atoms with van der Waals surface area (Å²) in [4.78, 5) is 25.8. The van der Waals surface area contributed by atoms with Crippen molar-refractivity contribution in [3.8, 4) is 5.75 Å². The topological polar surface area (TPSA) is 84.7 Å². The molecule has 0 bridgehead atoms. The third-order valence-electron chi connectivity index (χ3n) is 4.20. The summed E-state index contributed by atoms with van der Waals surface area (Å²) in [6.07, 6.45) is 1.81. The Hall–Kier alpha value is -2.08. The molecule has 1 heterocycles. The summed E-state index contributed by atoms with van der Waals surface area (Å²) in [6.45, 7) is 2.16. The molecule has 1 aliphatic heterocycles. The Balaban J connectivity index is 1.75. The molecule has 0 saturated carbocycles. The van der Waals surface area contributed by atoms with Gasteiger partial charge in [-0.3, -0.25) is 9.59 Å². The number of hydrogen-bond donors (Lipinski definition) is 2. The number of nitrogens with two attached hydrogens (primary N) is 1. The van der Waals surface area contributed by atoms with Gasteiger partial charge >= 0.3 is 0 Å². The second kappa shape index (κ2) is 8.53. The Morgan fingerprint density at radius 2 is 1.91 bits per heavy atom. The van der Waals surface area contributed by atoms with Crippen LogP contribution in [0.2, 0.25) is 0 Å². The van der Waals surface area contributed by atoms with Crippen molar-refractivity contribution >= 4 is 11.8 Å². The van der Waals surface area contributed by atoms with Gasteiger partial charge in [0.05, 0.1) is 7.11 Å². The summed E-state index contributed by atoms with van der Waals surface area (Å²) in [7, 11) is 1.63. The first-order chi connectivity index (χ1) is 11.1. The van der Waals surface area contributed by atoms with E-state index in [1.807, 2.05) is 24.3 Å². The Labute approximate surface area is 137 Å². The van der Waals surface area contributed by atoms with Crippen molar-refractivity contribution in [1.82, 2.24) is 10.2 Å². The third kappa shape index (κ3) is 4.96. The van der Waals surface area contributed by atoms with Gasteiger partial charge in [-0.05, 0) is 30.5 Å². The number of piperidine rings is 1. The van der Waals surface area contributed by atoms with Crippen LogP contribution in [0.1, 0.15) is 24.8 Å². The van der Waals surface area contributed by atoms with Crippen LogP contribution >= 0.6 is 0 Å². The van der Waals surface area contributed by atoms with Crippen LogP contribution in [0.3, 0.4) is 0 Å². The number of likely N-dealkylation sites (tertiary alicyclic amines) is 1. The van der Waals surface area contributed by atoms with Crippen molar-refractivity contribution in [3.05, 3.63) is 29.8 Å². The van der Waals surface area contributed by atoms with Gasteiger partial charge in [0.25, 0.3) is 0 Å². The molecule has 1 aromatic carbocycles. The molecule has 1 fully saturated rings. The zero-order chi connectivity index (χ0) is 16.7. The van der Waals surface area contributed by atoms with Crippen molar-refractivity contribution in [3.63, 3.8) is 0 Å². The second-order valence-electron chi connectivity index (χ2n) is 5.76. The number of amides is 2. The Morgan fingerprint density at radius 1 is 1.26 bits per heavy atom. The van der Waals surface area contributed by atoms with Gasteiger partial charge in [-0.15, -0.1) is 0 Å². The first kappa shape index (κ1) is 17.3. The zero-order valence-corrected chi connectivity index (χ0v) is 13.6. The fraction of sp³-hybridized carbons (Fsp3) is 0.529. The summed E-state index contributed by atoms with van der Waals surface area (Å²) in [5.74, 6) is 0.932. The van der Waals surface area contributed by atoms with Crippen LogP contribution in [-0.2, 0) is 16.1 Å². The van der Waals surface area contributed by atoms with Crippen molar-refractivity contribution in [1.29, 1.82) is 0 Å². The van der Waals surface area contributed by atoms with Crippen molar-refractivity contribution < 1.29 is 14.3 Å². The van der Waals surface area contributed by atoms with E-state index < -0.39 is 0 Å². The van der Waals surface area contributed by atoms with Crippen molar-refractivity contribution in [2.24, 2.45) is 11.7 Å².